The van der Waals surface area contributed by atoms with Crippen LogP contribution in [0.3, 0.4) is 0 Å². The molecule has 29 heavy (non-hydrogen) atoms. The Balaban J connectivity index is 1.36. The van der Waals surface area contributed by atoms with Gasteiger partial charge < -0.3 is 4.90 Å². The van der Waals surface area contributed by atoms with Crippen LogP contribution in [0.15, 0.2) is 17.0 Å². The van der Waals surface area contributed by atoms with Gasteiger partial charge in [-0.2, -0.15) is 22.7 Å². The molecule has 3 fully saturated rings. The average Bonchev–Trinajstić information content (AvgIpc) is 3.06. The number of aryl methyl sites for hydroxylation is 1. The van der Waals surface area contributed by atoms with Gasteiger partial charge in [0.2, 0.25) is 10.0 Å². The van der Waals surface area contributed by atoms with Crippen molar-refractivity contribution in [1.82, 2.24) is 14.2 Å². The van der Waals surface area contributed by atoms with E-state index in [1.165, 1.54) is 11.2 Å². The van der Waals surface area contributed by atoms with Gasteiger partial charge in [-0.1, -0.05) is 13.8 Å². The van der Waals surface area contributed by atoms with E-state index in [1.807, 2.05) is 0 Å². The Labute approximate surface area is 168 Å². The monoisotopic (exact) mass is 428 g/mol. The third kappa shape index (κ3) is 3.23. The molecule has 0 N–H and O–H groups in total. The van der Waals surface area contributed by atoms with Gasteiger partial charge in [0.1, 0.15) is 10.6 Å². The number of halogens is 3. The van der Waals surface area contributed by atoms with E-state index >= 15 is 0 Å². The second-order valence-electron chi connectivity index (χ2n) is 9.26. The van der Waals surface area contributed by atoms with E-state index in [1.54, 1.807) is 0 Å². The fourth-order valence-corrected chi connectivity index (χ4v) is 6.67. The van der Waals surface area contributed by atoms with Crippen LogP contribution in [0.2, 0.25) is 0 Å². The van der Waals surface area contributed by atoms with E-state index in [-0.39, 0.29) is 27.3 Å². The zero-order chi connectivity index (χ0) is 21.4. The summed E-state index contributed by atoms with van der Waals surface area (Å²) in [5, 5.41) is 9.18. The number of aromatic nitrogens is 1. The molecular formula is C19H23F3N4O2S. The minimum atomic E-state index is -4.61. The topological polar surface area (TPSA) is 77.3 Å². The first kappa shape index (κ1) is 20.6. The Hall–Kier alpha value is -1.70. The van der Waals surface area contributed by atoms with Crippen molar-refractivity contribution < 1.29 is 21.6 Å². The van der Waals surface area contributed by atoms with Crippen LogP contribution >= 0.6 is 0 Å². The first-order valence-corrected chi connectivity index (χ1v) is 10.9. The number of nitrogens with zero attached hydrogens (tertiary/aromatic N) is 4. The molecule has 0 bridgehead atoms. The standard InChI is InChI=1S/C19H23F3N4O2S/c1-12-15(4-5-16(24-12)19(20,21)22)29(27,28)26-10-18(11-26)8-25(9-18)7-14-13(6-23)17(14,2)3/h4-5,13-14H,7-11H2,1-3H3/t13-,14-/m0/s1. The minimum absolute atomic E-state index is 0.0413. The van der Waals surface area contributed by atoms with Crippen molar-refractivity contribution in [2.24, 2.45) is 22.7 Å². The molecular weight excluding hydrogens is 405 g/mol. The maximum absolute atomic E-state index is 12.8. The number of pyridine rings is 1. The number of alkyl halides is 3. The maximum Gasteiger partial charge on any atom is 0.433 e. The van der Waals surface area contributed by atoms with Gasteiger partial charge in [0.15, 0.2) is 0 Å². The van der Waals surface area contributed by atoms with E-state index in [9.17, 15) is 26.9 Å². The molecule has 3 heterocycles. The quantitative estimate of drug-likeness (QED) is 0.737. The number of hydrogen-bond donors (Lipinski definition) is 0. The van der Waals surface area contributed by atoms with Gasteiger partial charge in [-0.3, -0.25) is 0 Å². The predicted octanol–water partition coefficient (Wildman–Crippen LogP) is 2.51. The Kier molecular flexibility index (Phi) is 4.37. The zero-order valence-corrected chi connectivity index (χ0v) is 17.3. The minimum Gasteiger partial charge on any atom is -0.302 e. The van der Waals surface area contributed by atoms with Crippen molar-refractivity contribution in [2.75, 3.05) is 32.7 Å². The first-order valence-electron chi connectivity index (χ1n) is 9.47. The van der Waals surface area contributed by atoms with Gasteiger partial charge in [0.05, 0.1) is 17.7 Å². The molecule has 1 aliphatic carbocycles. The summed E-state index contributed by atoms with van der Waals surface area (Å²) in [6.45, 7) is 8.62. The molecule has 1 aromatic rings. The van der Waals surface area contributed by atoms with Crippen LogP contribution in [0.4, 0.5) is 13.2 Å². The normalized spacial score (nSPS) is 28.4. The molecule has 1 spiro atoms. The molecule has 4 rings (SSSR count). The Morgan fingerprint density at radius 2 is 1.86 bits per heavy atom. The van der Waals surface area contributed by atoms with Gasteiger partial charge >= 0.3 is 6.18 Å². The number of rotatable bonds is 4. The number of hydrogen-bond acceptors (Lipinski definition) is 5. The lowest BCUT2D eigenvalue weighted by atomic mass is 9.74. The van der Waals surface area contributed by atoms with Crippen LogP contribution in [0.1, 0.15) is 25.2 Å². The van der Waals surface area contributed by atoms with E-state index in [0.29, 0.717) is 25.1 Å². The third-order valence-electron chi connectivity index (χ3n) is 6.73. The van der Waals surface area contributed by atoms with E-state index < -0.39 is 21.9 Å². The van der Waals surface area contributed by atoms with Crippen molar-refractivity contribution in [3.63, 3.8) is 0 Å². The highest BCUT2D eigenvalue weighted by molar-refractivity contribution is 7.89. The second-order valence-corrected chi connectivity index (χ2v) is 11.2. The molecule has 0 radical (unpaired) electrons. The Morgan fingerprint density at radius 3 is 2.34 bits per heavy atom. The Bertz CT molecular complexity index is 986. The molecule has 158 valence electrons. The van der Waals surface area contributed by atoms with Crippen LogP contribution in [-0.4, -0.2) is 55.3 Å². The first-order chi connectivity index (χ1) is 13.3. The third-order valence-corrected chi connectivity index (χ3v) is 8.66. The lowest BCUT2D eigenvalue weighted by Crippen LogP contribution is -2.72. The zero-order valence-electron chi connectivity index (χ0n) is 16.5. The van der Waals surface area contributed by atoms with Crippen LogP contribution in [0, 0.1) is 40.9 Å². The molecule has 0 amide bonds. The molecule has 6 nitrogen and oxygen atoms in total. The van der Waals surface area contributed by atoms with E-state index in [4.69, 9.17) is 0 Å². The molecule has 2 saturated heterocycles. The molecule has 0 aromatic carbocycles. The average molecular weight is 428 g/mol. The molecule has 1 saturated carbocycles. The summed E-state index contributed by atoms with van der Waals surface area (Å²) >= 11 is 0. The van der Waals surface area contributed by atoms with E-state index in [2.05, 4.69) is 29.8 Å². The molecule has 10 heteroatoms. The summed E-state index contributed by atoms with van der Waals surface area (Å²) in [4.78, 5) is 5.53. The number of likely N-dealkylation sites (tertiary alicyclic amines) is 1. The largest absolute Gasteiger partial charge is 0.433 e. The number of sulfonamides is 1. The van der Waals surface area contributed by atoms with Crippen molar-refractivity contribution in [1.29, 1.82) is 5.26 Å². The van der Waals surface area contributed by atoms with Gasteiger partial charge in [-0.15, -0.1) is 0 Å². The second kappa shape index (κ2) is 6.15. The van der Waals surface area contributed by atoms with Gasteiger partial charge in [0, 0.05) is 38.1 Å². The highest BCUT2D eigenvalue weighted by Crippen LogP contribution is 2.59. The summed E-state index contributed by atoms with van der Waals surface area (Å²) in [5.74, 6) is 0.429. The molecule has 0 unspecified atom stereocenters. The molecule has 1 aromatic heterocycles. The van der Waals surface area contributed by atoms with Gasteiger partial charge in [-0.25, -0.2) is 13.4 Å². The van der Waals surface area contributed by atoms with Gasteiger partial charge in [0.25, 0.3) is 0 Å². The Morgan fingerprint density at radius 1 is 1.24 bits per heavy atom. The predicted molar refractivity (Wildman–Crippen MR) is 98.0 cm³/mol. The molecule has 2 atom stereocenters. The maximum atomic E-state index is 12.8. The fourth-order valence-electron chi connectivity index (χ4n) is 4.84. The summed E-state index contributed by atoms with van der Waals surface area (Å²) < 4.78 is 65.3. The summed E-state index contributed by atoms with van der Waals surface area (Å²) in [6.07, 6.45) is -4.61. The highest BCUT2D eigenvalue weighted by Gasteiger charge is 2.61. The van der Waals surface area contributed by atoms with Gasteiger partial charge in [-0.05, 0) is 30.4 Å². The SMILES string of the molecule is Cc1nc(C(F)(F)F)ccc1S(=O)(=O)N1CC2(CN(C[C@H]3[C@H](C#N)C3(C)C)C2)C1. The fraction of sp³-hybridized carbons (Fsp3) is 0.684. The highest BCUT2D eigenvalue weighted by atomic mass is 32.2. The number of nitriles is 1. The van der Waals surface area contributed by atoms with Crippen LogP contribution in [0.5, 0.6) is 0 Å². The molecule has 2 aliphatic heterocycles. The van der Waals surface area contributed by atoms with Crippen molar-refractivity contribution >= 4 is 10.0 Å². The summed E-state index contributed by atoms with van der Waals surface area (Å²) in [6, 6.07) is 4.06. The van der Waals surface area contributed by atoms with Crippen molar-refractivity contribution in [3.8, 4) is 6.07 Å². The van der Waals surface area contributed by atoms with E-state index in [0.717, 1.165) is 25.7 Å². The smallest absolute Gasteiger partial charge is 0.302 e. The van der Waals surface area contributed by atoms with Crippen LogP contribution in [-0.2, 0) is 16.2 Å². The van der Waals surface area contributed by atoms with Crippen LogP contribution < -0.4 is 0 Å². The molecule has 3 aliphatic rings. The van der Waals surface area contributed by atoms with Crippen LogP contribution in [0.25, 0.3) is 0 Å². The lowest BCUT2D eigenvalue weighted by Gasteiger charge is -2.59. The van der Waals surface area contributed by atoms with Crippen molar-refractivity contribution in [2.45, 2.75) is 31.8 Å². The summed E-state index contributed by atoms with van der Waals surface area (Å²) in [7, 11) is -3.86. The summed E-state index contributed by atoms with van der Waals surface area (Å²) in [5.41, 5.74) is -1.28. The van der Waals surface area contributed by atoms with Crippen molar-refractivity contribution in [3.05, 3.63) is 23.5 Å². The lowest BCUT2D eigenvalue weighted by molar-refractivity contribution is -0.141.